The molecule has 1 aromatic heterocycles. The number of hydrogen-bond acceptors (Lipinski definition) is 5. The quantitative estimate of drug-likeness (QED) is 0.336. The second-order valence-electron chi connectivity index (χ2n) is 7.32. The standard InChI is InChI=1S/C23H24N2O5/c1-12(10-21(26)24-20-8-7-17(25(27)28)9-13(20)2)18-11-19-14(3)16(5)30-23(19)15(4)22(18)29-6/h7-11H,1-6H3,(H,24,26)/b12-10+. The molecule has 0 saturated heterocycles. The van der Waals surface area contributed by atoms with Gasteiger partial charge in [-0.1, -0.05) is 0 Å². The van der Waals surface area contributed by atoms with Crippen LogP contribution in [0.25, 0.3) is 16.5 Å². The Balaban J connectivity index is 1.96. The van der Waals surface area contributed by atoms with E-state index in [1.54, 1.807) is 14.0 Å². The fourth-order valence-electron chi connectivity index (χ4n) is 3.51. The van der Waals surface area contributed by atoms with Gasteiger partial charge < -0.3 is 14.5 Å². The number of hydrogen-bond donors (Lipinski definition) is 1. The molecule has 0 radical (unpaired) electrons. The average molecular weight is 408 g/mol. The lowest BCUT2D eigenvalue weighted by molar-refractivity contribution is -0.384. The van der Waals surface area contributed by atoms with Crippen LogP contribution in [0.5, 0.6) is 5.75 Å². The Morgan fingerprint density at radius 1 is 1.17 bits per heavy atom. The fourth-order valence-corrected chi connectivity index (χ4v) is 3.51. The number of ether oxygens (including phenoxy) is 1. The molecule has 1 amide bonds. The minimum atomic E-state index is -0.465. The molecule has 0 spiro atoms. The number of carbonyl (C=O) groups excluding carboxylic acids is 1. The zero-order chi connectivity index (χ0) is 22.2. The number of nitrogens with one attached hydrogen (secondary N) is 1. The third kappa shape index (κ3) is 3.78. The summed E-state index contributed by atoms with van der Waals surface area (Å²) in [6.07, 6.45) is 1.49. The van der Waals surface area contributed by atoms with Crippen LogP contribution in [-0.4, -0.2) is 17.9 Å². The second kappa shape index (κ2) is 8.02. The molecule has 30 heavy (non-hydrogen) atoms. The molecule has 0 unspecified atom stereocenters. The lowest BCUT2D eigenvalue weighted by Crippen LogP contribution is -2.10. The van der Waals surface area contributed by atoms with Gasteiger partial charge in [0.05, 0.1) is 12.0 Å². The smallest absolute Gasteiger partial charge is 0.269 e. The molecule has 1 heterocycles. The Morgan fingerprint density at radius 2 is 1.87 bits per heavy atom. The zero-order valence-corrected chi connectivity index (χ0v) is 17.9. The number of nitrogens with zero attached hydrogens (tertiary/aromatic N) is 1. The van der Waals surface area contributed by atoms with Gasteiger partial charge in [-0.15, -0.1) is 0 Å². The largest absolute Gasteiger partial charge is 0.496 e. The van der Waals surface area contributed by atoms with Crippen molar-refractivity contribution in [2.45, 2.75) is 34.6 Å². The van der Waals surface area contributed by atoms with E-state index in [1.807, 2.05) is 33.8 Å². The third-order valence-electron chi connectivity index (χ3n) is 5.30. The number of allylic oxidation sites excluding steroid dienone is 1. The molecule has 0 fully saturated rings. The van der Waals surface area contributed by atoms with Crippen LogP contribution in [0.1, 0.15) is 34.9 Å². The number of methoxy groups -OCH3 is 1. The van der Waals surface area contributed by atoms with Crippen molar-refractivity contribution in [2.24, 2.45) is 0 Å². The predicted octanol–water partition coefficient (Wildman–Crippen LogP) is 5.63. The van der Waals surface area contributed by atoms with Crippen LogP contribution < -0.4 is 10.1 Å². The first kappa shape index (κ1) is 21.1. The van der Waals surface area contributed by atoms with E-state index in [4.69, 9.17) is 9.15 Å². The first-order valence-corrected chi connectivity index (χ1v) is 9.46. The summed E-state index contributed by atoms with van der Waals surface area (Å²) in [7, 11) is 1.59. The molecular formula is C23H24N2O5. The van der Waals surface area contributed by atoms with E-state index in [2.05, 4.69) is 5.32 Å². The number of nitro benzene ring substituents is 1. The highest BCUT2D eigenvalue weighted by Crippen LogP contribution is 2.38. The Kier molecular flexibility index (Phi) is 5.64. The van der Waals surface area contributed by atoms with Crippen molar-refractivity contribution in [3.8, 4) is 5.75 Å². The lowest BCUT2D eigenvalue weighted by atomic mass is 9.98. The van der Waals surface area contributed by atoms with Crippen molar-refractivity contribution in [3.63, 3.8) is 0 Å². The molecule has 1 N–H and O–H groups in total. The number of nitro groups is 1. The summed E-state index contributed by atoms with van der Waals surface area (Å²) >= 11 is 0. The van der Waals surface area contributed by atoms with E-state index >= 15 is 0 Å². The molecule has 2 aromatic carbocycles. The summed E-state index contributed by atoms with van der Waals surface area (Å²) in [4.78, 5) is 23.0. The fraction of sp³-hybridized carbons (Fsp3) is 0.261. The minimum absolute atomic E-state index is 0.0171. The highest BCUT2D eigenvalue weighted by atomic mass is 16.6. The Labute approximate surface area is 174 Å². The molecule has 0 atom stereocenters. The van der Waals surface area contributed by atoms with Crippen LogP contribution >= 0.6 is 0 Å². The van der Waals surface area contributed by atoms with E-state index in [1.165, 1.54) is 24.3 Å². The van der Waals surface area contributed by atoms with E-state index < -0.39 is 4.92 Å². The van der Waals surface area contributed by atoms with Crippen molar-refractivity contribution in [2.75, 3.05) is 12.4 Å². The number of rotatable bonds is 5. The van der Waals surface area contributed by atoms with Crippen LogP contribution in [0.3, 0.4) is 0 Å². The van der Waals surface area contributed by atoms with Crippen molar-refractivity contribution in [3.05, 3.63) is 68.5 Å². The summed E-state index contributed by atoms with van der Waals surface area (Å²) in [5.41, 5.74) is 5.36. The molecule has 156 valence electrons. The molecule has 3 aromatic rings. The SMILES string of the molecule is COc1c(/C(C)=C/C(=O)Nc2ccc([N+](=O)[O-])cc2C)cc2c(C)c(C)oc2c1C. The third-order valence-corrected chi connectivity index (χ3v) is 5.30. The summed E-state index contributed by atoms with van der Waals surface area (Å²) < 4.78 is 11.5. The van der Waals surface area contributed by atoms with Gasteiger partial charge in [0.25, 0.3) is 5.69 Å². The molecule has 0 saturated carbocycles. The number of aryl methyl sites for hydroxylation is 4. The van der Waals surface area contributed by atoms with Gasteiger partial charge in [0.1, 0.15) is 17.1 Å². The van der Waals surface area contributed by atoms with Gasteiger partial charge >= 0.3 is 0 Å². The number of amides is 1. The normalized spacial score (nSPS) is 11.6. The van der Waals surface area contributed by atoms with Crippen LogP contribution in [-0.2, 0) is 4.79 Å². The molecule has 7 nitrogen and oxygen atoms in total. The molecular weight excluding hydrogens is 384 g/mol. The number of fused-ring (bicyclic) bond motifs is 1. The van der Waals surface area contributed by atoms with E-state index in [9.17, 15) is 14.9 Å². The lowest BCUT2D eigenvalue weighted by Gasteiger charge is -2.13. The highest BCUT2D eigenvalue weighted by Gasteiger charge is 2.18. The van der Waals surface area contributed by atoms with Gasteiger partial charge in [0.15, 0.2) is 0 Å². The maximum Gasteiger partial charge on any atom is 0.269 e. The number of furan rings is 1. The van der Waals surface area contributed by atoms with Crippen LogP contribution in [0.15, 0.2) is 34.8 Å². The average Bonchev–Trinajstić information content (AvgIpc) is 2.97. The molecule has 0 bridgehead atoms. The maximum absolute atomic E-state index is 12.6. The zero-order valence-electron chi connectivity index (χ0n) is 17.9. The molecule has 3 rings (SSSR count). The minimum Gasteiger partial charge on any atom is -0.496 e. The van der Waals surface area contributed by atoms with Crippen molar-refractivity contribution in [1.29, 1.82) is 0 Å². The van der Waals surface area contributed by atoms with Crippen molar-refractivity contribution >= 4 is 33.8 Å². The van der Waals surface area contributed by atoms with Crippen molar-refractivity contribution in [1.82, 2.24) is 0 Å². The van der Waals surface area contributed by atoms with Crippen molar-refractivity contribution < 1.29 is 18.9 Å². The van der Waals surface area contributed by atoms with Crippen LogP contribution in [0.2, 0.25) is 0 Å². The summed E-state index contributed by atoms with van der Waals surface area (Å²) in [5.74, 6) is 1.17. The summed E-state index contributed by atoms with van der Waals surface area (Å²) in [5, 5.41) is 14.7. The Morgan fingerprint density at radius 3 is 2.47 bits per heavy atom. The van der Waals surface area contributed by atoms with Gasteiger partial charge in [-0.2, -0.15) is 0 Å². The van der Waals surface area contributed by atoms with Crippen LogP contribution in [0, 0.1) is 37.8 Å². The van der Waals surface area contributed by atoms with E-state index in [0.717, 1.165) is 39.0 Å². The first-order chi connectivity index (χ1) is 14.1. The topological polar surface area (TPSA) is 94.6 Å². The Hall–Kier alpha value is -3.61. The summed E-state index contributed by atoms with van der Waals surface area (Å²) in [6, 6.07) is 6.30. The van der Waals surface area contributed by atoms with Gasteiger partial charge in [0.2, 0.25) is 5.91 Å². The van der Waals surface area contributed by atoms with Gasteiger partial charge in [-0.25, -0.2) is 0 Å². The van der Waals surface area contributed by atoms with Gasteiger partial charge in [-0.05, 0) is 63.5 Å². The second-order valence-corrected chi connectivity index (χ2v) is 7.32. The van der Waals surface area contributed by atoms with E-state index in [0.29, 0.717) is 17.0 Å². The monoisotopic (exact) mass is 408 g/mol. The number of benzene rings is 2. The molecule has 0 aliphatic carbocycles. The highest BCUT2D eigenvalue weighted by molar-refractivity contribution is 6.05. The number of non-ortho nitro benzene ring substituents is 1. The first-order valence-electron chi connectivity index (χ1n) is 9.46. The molecule has 0 aliphatic rings. The number of anilines is 1. The van der Waals surface area contributed by atoms with Gasteiger partial charge in [-0.3, -0.25) is 14.9 Å². The van der Waals surface area contributed by atoms with Crippen LogP contribution in [0.4, 0.5) is 11.4 Å². The van der Waals surface area contributed by atoms with Gasteiger partial charge in [0, 0.05) is 40.4 Å². The number of carbonyl (C=O) groups is 1. The predicted molar refractivity (Wildman–Crippen MR) is 117 cm³/mol. The molecule has 7 heteroatoms. The maximum atomic E-state index is 12.6. The Bertz CT molecular complexity index is 1200. The molecule has 0 aliphatic heterocycles. The summed E-state index contributed by atoms with van der Waals surface area (Å²) in [6.45, 7) is 9.40. The van der Waals surface area contributed by atoms with E-state index in [-0.39, 0.29) is 11.6 Å².